The van der Waals surface area contributed by atoms with Crippen LogP contribution >= 0.6 is 0 Å². The first-order chi connectivity index (χ1) is 9.50. The molecule has 0 aliphatic heterocycles. The van der Waals surface area contributed by atoms with Crippen LogP contribution in [0.4, 0.5) is 0 Å². The molecule has 0 aliphatic rings. The van der Waals surface area contributed by atoms with Gasteiger partial charge in [0.05, 0.1) is 0 Å². The van der Waals surface area contributed by atoms with Crippen molar-refractivity contribution < 1.29 is 0 Å². The van der Waals surface area contributed by atoms with Gasteiger partial charge in [-0.05, 0) is 28.2 Å². The molecule has 134 valence electrons. The van der Waals surface area contributed by atoms with Gasteiger partial charge in [0.1, 0.15) is 8.24 Å². The Labute approximate surface area is 143 Å². The lowest BCUT2D eigenvalue weighted by molar-refractivity contribution is 0.377. The SMILES string of the molecule is CCC[Si](C)(C)N(NC)[Si](C(C)(C)C)(C(C)(C)C)C(C)(C)C. The molecule has 1 N–H and O–H groups in total. The van der Waals surface area contributed by atoms with E-state index in [4.69, 9.17) is 0 Å². The number of nitrogens with one attached hydrogen (secondary N) is 1. The summed E-state index contributed by atoms with van der Waals surface area (Å²) in [6.07, 6.45) is 1.28. The van der Waals surface area contributed by atoms with E-state index in [0.717, 1.165) is 0 Å². The van der Waals surface area contributed by atoms with Crippen LogP contribution in [-0.2, 0) is 0 Å². The maximum Gasteiger partial charge on any atom is 0.152 e. The van der Waals surface area contributed by atoms with Crippen molar-refractivity contribution >= 4 is 16.5 Å². The van der Waals surface area contributed by atoms with E-state index in [2.05, 4.69) is 99.1 Å². The second-order valence-corrected chi connectivity index (χ2v) is 22.0. The highest BCUT2D eigenvalue weighted by Gasteiger charge is 2.65. The fourth-order valence-corrected chi connectivity index (χ4v) is 24.2. The highest BCUT2D eigenvalue weighted by Crippen LogP contribution is 2.63. The van der Waals surface area contributed by atoms with E-state index in [1.807, 2.05) is 0 Å². The number of hydrogen-bond acceptors (Lipinski definition) is 2. The van der Waals surface area contributed by atoms with Gasteiger partial charge in [0.2, 0.25) is 0 Å². The van der Waals surface area contributed by atoms with E-state index in [-0.39, 0.29) is 0 Å². The molecule has 0 aliphatic carbocycles. The second-order valence-electron chi connectivity index (χ2n) is 10.6. The predicted octanol–water partition coefficient (Wildman–Crippen LogP) is 6.38. The lowest BCUT2D eigenvalue weighted by Crippen LogP contribution is -2.78. The Morgan fingerprint density at radius 2 is 1.09 bits per heavy atom. The number of nitrogens with zero attached hydrogens (tertiary/aromatic N) is 1. The van der Waals surface area contributed by atoms with Gasteiger partial charge in [0, 0.05) is 0 Å². The fraction of sp³-hybridized carbons (Fsp3) is 1.00. The van der Waals surface area contributed by atoms with Gasteiger partial charge in [-0.2, -0.15) is 0 Å². The Balaban J connectivity index is 6.64. The molecule has 2 nitrogen and oxygen atoms in total. The largest absolute Gasteiger partial charge is 0.284 e. The second kappa shape index (κ2) is 6.69. The van der Waals surface area contributed by atoms with E-state index < -0.39 is 16.5 Å². The van der Waals surface area contributed by atoms with Gasteiger partial charge in [0.25, 0.3) is 0 Å². The zero-order chi connectivity index (χ0) is 18.2. The van der Waals surface area contributed by atoms with Crippen LogP contribution in [0.2, 0.25) is 34.3 Å². The van der Waals surface area contributed by atoms with Crippen LogP contribution in [0.25, 0.3) is 0 Å². The summed E-state index contributed by atoms with van der Waals surface area (Å²) in [7, 11) is -1.27. The van der Waals surface area contributed by atoms with Crippen LogP contribution in [0.5, 0.6) is 0 Å². The standard InChI is InChI=1S/C18H44N2Si2/c1-14-15-21(12,13)20(19-11)22(16(2,3)4,17(5,6)7)18(8,9)10/h19H,14-15H2,1-13H3. The molecule has 0 bridgehead atoms. The van der Waals surface area contributed by atoms with Gasteiger partial charge in [-0.25, -0.2) is 0 Å². The van der Waals surface area contributed by atoms with Crippen molar-refractivity contribution in [2.24, 2.45) is 0 Å². The first-order valence-electron chi connectivity index (χ1n) is 8.98. The van der Waals surface area contributed by atoms with Crippen molar-refractivity contribution in [2.45, 2.75) is 110 Å². The Bertz CT molecular complexity index is 321. The molecule has 0 heterocycles. The summed E-state index contributed by atoms with van der Waals surface area (Å²) in [5.74, 6) is 0. The topological polar surface area (TPSA) is 15.3 Å². The Kier molecular flexibility index (Phi) is 6.80. The van der Waals surface area contributed by atoms with Gasteiger partial charge in [-0.3, -0.25) is 9.77 Å². The smallest absolute Gasteiger partial charge is 0.152 e. The van der Waals surface area contributed by atoms with E-state index in [0.29, 0.717) is 15.1 Å². The molecule has 0 amide bonds. The molecule has 0 rings (SSSR count). The molecule has 22 heavy (non-hydrogen) atoms. The Morgan fingerprint density at radius 3 is 1.27 bits per heavy atom. The third-order valence-corrected chi connectivity index (χ3v) is 18.7. The third-order valence-electron chi connectivity index (χ3n) is 5.28. The summed E-state index contributed by atoms with van der Waals surface area (Å²) >= 11 is 0. The number of hydrazine groups is 1. The van der Waals surface area contributed by atoms with Crippen LogP contribution in [-0.4, -0.2) is 27.9 Å². The monoisotopic (exact) mass is 344 g/mol. The summed E-state index contributed by atoms with van der Waals surface area (Å²) in [5, 5.41) is 0.888. The van der Waals surface area contributed by atoms with Crippen LogP contribution in [0.1, 0.15) is 75.7 Å². The Hall–Kier alpha value is 0.354. The van der Waals surface area contributed by atoms with E-state index in [1.165, 1.54) is 12.5 Å². The average molecular weight is 345 g/mol. The maximum absolute atomic E-state index is 3.74. The molecule has 4 heteroatoms. The third kappa shape index (κ3) is 3.71. The van der Waals surface area contributed by atoms with Gasteiger partial charge in [-0.15, -0.1) is 0 Å². The molecule has 0 aromatic heterocycles. The van der Waals surface area contributed by atoms with Crippen molar-refractivity contribution in [2.75, 3.05) is 7.05 Å². The molecular formula is C18H44N2Si2. The lowest BCUT2D eigenvalue weighted by Gasteiger charge is -2.66. The van der Waals surface area contributed by atoms with Gasteiger partial charge in [-0.1, -0.05) is 88.8 Å². The summed E-state index contributed by atoms with van der Waals surface area (Å²) in [6.45, 7) is 29.8. The molecule has 0 saturated carbocycles. The minimum atomic E-state index is -1.92. The zero-order valence-corrected chi connectivity index (χ0v) is 19.9. The molecule has 0 aromatic carbocycles. The summed E-state index contributed by atoms with van der Waals surface area (Å²) < 4.78 is 2.86. The summed E-state index contributed by atoms with van der Waals surface area (Å²) in [4.78, 5) is 0. The molecule has 0 atom stereocenters. The van der Waals surface area contributed by atoms with Crippen molar-refractivity contribution in [3.63, 3.8) is 0 Å². The van der Waals surface area contributed by atoms with Crippen LogP contribution < -0.4 is 5.43 Å². The minimum absolute atomic E-state index is 0.296. The maximum atomic E-state index is 3.74. The van der Waals surface area contributed by atoms with Crippen molar-refractivity contribution in [1.29, 1.82) is 0 Å². The number of rotatable bonds is 5. The summed E-state index contributed by atoms with van der Waals surface area (Å²) in [6, 6.07) is 1.35. The van der Waals surface area contributed by atoms with E-state index in [1.54, 1.807) is 0 Å². The Morgan fingerprint density at radius 1 is 0.773 bits per heavy atom. The average Bonchev–Trinajstić information content (AvgIpc) is 2.18. The molecule has 0 spiro atoms. The van der Waals surface area contributed by atoms with Crippen molar-refractivity contribution in [1.82, 2.24) is 9.77 Å². The number of hydrogen-bond donors (Lipinski definition) is 1. The lowest BCUT2D eigenvalue weighted by atomic mass is 10.2. The highest BCUT2D eigenvalue weighted by molar-refractivity contribution is 6.96. The van der Waals surface area contributed by atoms with Gasteiger partial charge in [0.15, 0.2) is 8.24 Å². The van der Waals surface area contributed by atoms with E-state index >= 15 is 0 Å². The van der Waals surface area contributed by atoms with Crippen molar-refractivity contribution in [3.05, 3.63) is 0 Å². The first-order valence-corrected chi connectivity index (χ1v) is 14.1. The molecule has 0 aromatic rings. The first kappa shape index (κ1) is 22.4. The van der Waals surface area contributed by atoms with E-state index in [9.17, 15) is 0 Å². The van der Waals surface area contributed by atoms with Crippen molar-refractivity contribution in [3.8, 4) is 0 Å². The van der Waals surface area contributed by atoms with Gasteiger partial charge < -0.3 is 0 Å². The quantitative estimate of drug-likeness (QED) is 0.459. The highest BCUT2D eigenvalue weighted by atomic mass is 28.4. The van der Waals surface area contributed by atoms with Gasteiger partial charge >= 0.3 is 0 Å². The fourth-order valence-electron chi connectivity index (χ4n) is 6.03. The molecular weight excluding hydrogens is 300 g/mol. The zero-order valence-electron chi connectivity index (χ0n) is 17.9. The van der Waals surface area contributed by atoms with Crippen LogP contribution in [0, 0.1) is 0 Å². The summed E-state index contributed by atoms with van der Waals surface area (Å²) in [5.41, 5.74) is 3.74. The molecule has 0 unspecified atom stereocenters. The van der Waals surface area contributed by atoms with Crippen LogP contribution in [0.15, 0.2) is 0 Å². The normalized spacial score (nSPS) is 15.5. The van der Waals surface area contributed by atoms with Crippen LogP contribution in [0.3, 0.4) is 0 Å². The molecule has 0 fully saturated rings. The predicted molar refractivity (Wildman–Crippen MR) is 108 cm³/mol. The molecule has 0 saturated heterocycles. The minimum Gasteiger partial charge on any atom is -0.284 e. The molecule has 0 radical (unpaired) electrons.